The lowest BCUT2D eigenvalue weighted by atomic mass is 9.98. The van der Waals surface area contributed by atoms with E-state index in [1.807, 2.05) is 0 Å². The van der Waals surface area contributed by atoms with E-state index in [1.54, 1.807) is 6.07 Å². The third-order valence-electron chi connectivity index (χ3n) is 4.93. The molecule has 1 aliphatic heterocycles. The van der Waals surface area contributed by atoms with Crippen molar-refractivity contribution in [3.8, 4) is 11.5 Å². The number of rotatable bonds is 6. The highest BCUT2D eigenvalue weighted by Gasteiger charge is 2.35. The molecule has 1 amide bonds. The van der Waals surface area contributed by atoms with Gasteiger partial charge >= 0.3 is 0 Å². The van der Waals surface area contributed by atoms with Gasteiger partial charge in [-0.15, -0.1) is 0 Å². The van der Waals surface area contributed by atoms with Gasteiger partial charge in [-0.3, -0.25) is 4.79 Å². The monoisotopic (exact) mass is 440 g/mol. The molecule has 1 aliphatic rings. The summed E-state index contributed by atoms with van der Waals surface area (Å²) >= 11 is 0. The summed E-state index contributed by atoms with van der Waals surface area (Å²) in [5.74, 6) is -2.67. The number of hydrogen-bond acceptors (Lipinski definition) is 5. The molecule has 0 unspecified atom stereocenters. The van der Waals surface area contributed by atoms with Crippen LogP contribution >= 0.6 is 0 Å². The summed E-state index contributed by atoms with van der Waals surface area (Å²) in [6, 6.07) is 7.51. The second-order valence-corrected chi connectivity index (χ2v) is 8.74. The number of anilines is 1. The van der Waals surface area contributed by atoms with Gasteiger partial charge in [0.2, 0.25) is 15.9 Å². The molecule has 1 fully saturated rings. The highest BCUT2D eigenvalue weighted by Crippen LogP contribution is 2.33. The predicted octanol–water partition coefficient (Wildman–Crippen LogP) is 3.02. The Kier molecular flexibility index (Phi) is 6.57. The van der Waals surface area contributed by atoms with Gasteiger partial charge in [-0.25, -0.2) is 17.2 Å². The Bertz CT molecular complexity index is 1050. The van der Waals surface area contributed by atoms with Crippen LogP contribution < -0.4 is 14.8 Å². The smallest absolute Gasteiger partial charge is 0.246 e. The Labute approximate surface area is 173 Å². The van der Waals surface area contributed by atoms with E-state index in [1.165, 1.54) is 36.7 Å². The first kappa shape index (κ1) is 22.0. The molecule has 0 aliphatic carbocycles. The van der Waals surface area contributed by atoms with Crippen molar-refractivity contribution in [1.82, 2.24) is 4.31 Å². The molecule has 2 aromatic carbocycles. The average Bonchev–Trinajstić information content (AvgIpc) is 2.75. The van der Waals surface area contributed by atoms with Crippen molar-refractivity contribution in [3.63, 3.8) is 0 Å². The highest BCUT2D eigenvalue weighted by atomic mass is 32.2. The minimum atomic E-state index is -3.95. The molecule has 7 nitrogen and oxygen atoms in total. The van der Waals surface area contributed by atoms with Gasteiger partial charge in [-0.2, -0.15) is 4.31 Å². The van der Waals surface area contributed by atoms with Crippen LogP contribution in [0.2, 0.25) is 0 Å². The molecule has 1 N–H and O–H groups in total. The van der Waals surface area contributed by atoms with Crippen molar-refractivity contribution in [2.75, 3.05) is 32.6 Å². The summed E-state index contributed by atoms with van der Waals surface area (Å²) in [6.07, 6.45) is 0.943. The molecule has 0 bridgehead atoms. The van der Waals surface area contributed by atoms with E-state index in [0.717, 1.165) is 12.1 Å². The van der Waals surface area contributed by atoms with E-state index >= 15 is 0 Å². The van der Waals surface area contributed by atoms with Gasteiger partial charge in [0.05, 0.1) is 20.1 Å². The number of sulfonamides is 1. The second kappa shape index (κ2) is 8.97. The molecule has 10 heteroatoms. The number of ether oxygens (including phenoxy) is 2. The van der Waals surface area contributed by atoms with Crippen molar-refractivity contribution in [2.24, 2.45) is 5.92 Å². The molecule has 3 rings (SSSR count). The number of nitrogens with zero attached hydrogens (tertiary/aromatic N) is 1. The molecule has 0 spiro atoms. The van der Waals surface area contributed by atoms with Crippen molar-refractivity contribution >= 4 is 21.6 Å². The maximum Gasteiger partial charge on any atom is 0.246 e. The quantitative estimate of drug-likeness (QED) is 0.747. The summed E-state index contributed by atoms with van der Waals surface area (Å²) in [5.41, 5.74) is 0.105. The first-order valence-corrected chi connectivity index (χ1v) is 10.7. The van der Waals surface area contributed by atoms with Crippen LogP contribution in [0.15, 0.2) is 41.3 Å². The molecule has 1 atom stereocenters. The minimum Gasteiger partial charge on any atom is -0.497 e. The van der Waals surface area contributed by atoms with Gasteiger partial charge in [-0.1, -0.05) is 0 Å². The van der Waals surface area contributed by atoms with E-state index in [0.29, 0.717) is 18.6 Å². The zero-order valence-electron chi connectivity index (χ0n) is 16.5. The van der Waals surface area contributed by atoms with Gasteiger partial charge < -0.3 is 14.8 Å². The van der Waals surface area contributed by atoms with Crippen molar-refractivity contribution < 1.29 is 31.5 Å². The van der Waals surface area contributed by atoms with E-state index < -0.39 is 33.5 Å². The van der Waals surface area contributed by atoms with Crippen LogP contribution in [0.25, 0.3) is 0 Å². The van der Waals surface area contributed by atoms with Crippen LogP contribution in [0, 0.1) is 17.6 Å². The Hall–Kier alpha value is -2.72. The summed E-state index contributed by atoms with van der Waals surface area (Å²) in [5, 5.41) is 2.52. The number of carbonyl (C=O) groups is 1. The van der Waals surface area contributed by atoms with Crippen molar-refractivity contribution in [3.05, 3.63) is 48.0 Å². The van der Waals surface area contributed by atoms with Crippen LogP contribution in [0.5, 0.6) is 11.5 Å². The Morgan fingerprint density at radius 1 is 1.10 bits per heavy atom. The van der Waals surface area contributed by atoms with Crippen molar-refractivity contribution in [1.29, 1.82) is 0 Å². The van der Waals surface area contributed by atoms with Crippen molar-refractivity contribution in [2.45, 2.75) is 17.7 Å². The van der Waals surface area contributed by atoms with E-state index in [2.05, 4.69) is 5.32 Å². The maximum atomic E-state index is 13.4. The highest BCUT2D eigenvalue weighted by molar-refractivity contribution is 7.89. The summed E-state index contributed by atoms with van der Waals surface area (Å²) in [6.45, 7) is 0.204. The van der Waals surface area contributed by atoms with E-state index in [9.17, 15) is 22.0 Å². The minimum absolute atomic E-state index is 0.0434. The van der Waals surface area contributed by atoms with Crippen LogP contribution in [-0.4, -0.2) is 45.9 Å². The third kappa shape index (κ3) is 4.54. The van der Waals surface area contributed by atoms with Crippen LogP contribution in [0.4, 0.5) is 14.5 Å². The molecule has 0 saturated carbocycles. The van der Waals surface area contributed by atoms with Crippen LogP contribution in [-0.2, 0) is 14.8 Å². The summed E-state index contributed by atoms with van der Waals surface area (Å²) < 4.78 is 64.4. The fourth-order valence-electron chi connectivity index (χ4n) is 3.32. The molecule has 30 heavy (non-hydrogen) atoms. The lowest BCUT2D eigenvalue weighted by molar-refractivity contribution is -0.120. The zero-order valence-corrected chi connectivity index (χ0v) is 17.3. The molecule has 2 aromatic rings. The molecular weight excluding hydrogens is 418 g/mol. The number of carbonyl (C=O) groups excluding carboxylic acids is 1. The fourth-order valence-corrected chi connectivity index (χ4v) is 5.01. The van der Waals surface area contributed by atoms with Gasteiger partial charge in [0, 0.05) is 30.9 Å². The normalized spacial score (nSPS) is 17.4. The van der Waals surface area contributed by atoms with Crippen LogP contribution in [0.1, 0.15) is 12.8 Å². The Balaban J connectivity index is 1.79. The second-order valence-electron chi connectivity index (χ2n) is 6.84. The van der Waals surface area contributed by atoms with Gasteiger partial charge in [0.1, 0.15) is 16.4 Å². The first-order valence-electron chi connectivity index (χ1n) is 9.24. The summed E-state index contributed by atoms with van der Waals surface area (Å²) in [7, 11) is -1.15. The average molecular weight is 440 g/mol. The number of benzene rings is 2. The number of piperidine rings is 1. The SMILES string of the molecule is COc1ccc(OC)c(S(=O)(=O)N2CCC[C@H](C(=O)Nc3ccc(F)c(F)c3)C2)c1. The number of methoxy groups -OCH3 is 2. The largest absolute Gasteiger partial charge is 0.497 e. The van der Waals surface area contributed by atoms with Gasteiger partial charge in [0.15, 0.2) is 11.6 Å². The Morgan fingerprint density at radius 2 is 1.87 bits per heavy atom. The van der Waals surface area contributed by atoms with Gasteiger partial charge in [0.25, 0.3) is 0 Å². The maximum absolute atomic E-state index is 13.4. The van der Waals surface area contributed by atoms with E-state index in [4.69, 9.17) is 9.47 Å². The number of amides is 1. The standard InChI is InChI=1S/C20H22F2N2O5S/c1-28-15-6-8-18(29-2)19(11-15)30(26,27)24-9-3-4-13(12-24)20(25)23-14-5-7-16(21)17(22)10-14/h5-8,10-11,13H,3-4,9,12H2,1-2H3,(H,23,25)/t13-/m0/s1. The third-order valence-corrected chi connectivity index (χ3v) is 6.82. The van der Waals surface area contributed by atoms with E-state index in [-0.39, 0.29) is 29.4 Å². The summed E-state index contributed by atoms with van der Waals surface area (Å²) in [4.78, 5) is 12.6. The Morgan fingerprint density at radius 3 is 2.53 bits per heavy atom. The van der Waals surface area contributed by atoms with Crippen LogP contribution in [0.3, 0.4) is 0 Å². The number of halogens is 2. The topological polar surface area (TPSA) is 84.9 Å². The molecule has 162 valence electrons. The molecule has 1 heterocycles. The van der Waals surface area contributed by atoms with Gasteiger partial charge in [-0.05, 0) is 37.1 Å². The lowest BCUT2D eigenvalue weighted by Gasteiger charge is -2.31. The first-order chi connectivity index (χ1) is 14.3. The molecular formula is C20H22F2N2O5S. The molecule has 0 radical (unpaired) electrons. The fraction of sp³-hybridized carbons (Fsp3) is 0.350. The molecule has 1 saturated heterocycles. The predicted molar refractivity (Wildman–Crippen MR) is 106 cm³/mol. The number of hydrogen-bond donors (Lipinski definition) is 1. The number of nitrogens with one attached hydrogen (secondary N) is 1. The zero-order chi connectivity index (χ0) is 21.9. The molecule has 0 aromatic heterocycles. The lowest BCUT2D eigenvalue weighted by Crippen LogP contribution is -2.43.